The summed E-state index contributed by atoms with van der Waals surface area (Å²) in [4.78, 5) is 36.8. The van der Waals surface area contributed by atoms with Crippen molar-refractivity contribution in [2.45, 2.75) is 26.7 Å². The number of terminal acetylenes is 1. The first-order chi connectivity index (χ1) is 10.9. The van der Waals surface area contributed by atoms with Crippen LogP contribution >= 0.6 is 15.6 Å². The van der Waals surface area contributed by atoms with E-state index >= 15 is 0 Å². The molecule has 24 heavy (non-hydrogen) atoms. The molecule has 136 valence electrons. The summed E-state index contributed by atoms with van der Waals surface area (Å²) < 4.78 is 29.7. The Morgan fingerprint density at radius 2 is 1.83 bits per heavy atom. The molecule has 0 bridgehead atoms. The molecule has 0 aliphatic carbocycles. The maximum absolute atomic E-state index is 11.2. The zero-order valence-corrected chi connectivity index (χ0v) is 15.1. The van der Waals surface area contributed by atoms with Crippen LogP contribution in [0.5, 0.6) is 0 Å². The summed E-state index contributed by atoms with van der Waals surface area (Å²) in [6, 6.07) is 0. The quantitative estimate of drug-likeness (QED) is 0.254. The first-order valence-corrected chi connectivity index (χ1v) is 9.77. The van der Waals surface area contributed by atoms with Crippen LogP contribution in [0.15, 0.2) is 23.3 Å². The Labute approximate surface area is 140 Å². The molecule has 0 saturated heterocycles. The van der Waals surface area contributed by atoms with E-state index in [9.17, 15) is 13.9 Å². The second-order valence-corrected chi connectivity index (χ2v) is 7.63. The molecule has 0 aromatic heterocycles. The third-order valence-electron chi connectivity index (χ3n) is 2.57. The predicted octanol–water partition coefficient (Wildman–Crippen LogP) is 1.63. The molecule has 0 aromatic carbocycles. The van der Waals surface area contributed by atoms with Gasteiger partial charge in [-0.25, -0.2) is 9.13 Å². The van der Waals surface area contributed by atoms with E-state index in [1.54, 1.807) is 6.92 Å². The molecule has 0 heterocycles. The van der Waals surface area contributed by atoms with Crippen molar-refractivity contribution in [2.75, 3.05) is 13.2 Å². The van der Waals surface area contributed by atoms with E-state index < -0.39 is 21.6 Å². The maximum atomic E-state index is 11.2. The van der Waals surface area contributed by atoms with Gasteiger partial charge in [0.25, 0.3) is 5.91 Å². The predicted molar refractivity (Wildman–Crippen MR) is 87.5 cm³/mol. The average Bonchev–Trinajstić information content (AvgIpc) is 2.41. The Hall–Kier alpha value is -1.23. The first-order valence-electron chi connectivity index (χ1n) is 6.75. The minimum absolute atomic E-state index is 0.333. The van der Waals surface area contributed by atoms with Crippen LogP contribution in [0.25, 0.3) is 0 Å². The van der Waals surface area contributed by atoms with Crippen LogP contribution in [-0.2, 0) is 22.8 Å². The average molecular weight is 381 g/mol. The van der Waals surface area contributed by atoms with Crippen molar-refractivity contribution in [2.24, 2.45) is 0 Å². The normalized spacial score (nSPS) is 15.5. The van der Waals surface area contributed by atoms with E-state index in [-0.39, 0.29) is 6.61 Å². The number of amides is 1. The van der Waals surface area contributed by atoms with Gasteiger partial charge in [-0.05, 0) is 32.6 Å². The SMILES string of the molecule is C#CC(=O)NC/C(C)=C/CC/C(C)=C/COP(=O)(O)OP(=O)(O)O. The molecule has 0 saturated carbocycles. The molecule has 0 aliphatic rings. The van der Waals surface area contributed by atoms with Crippen LogP contribution in [0.3, 0.4) is 0 Å². The highest BCUT2D eigenvalue weighted by Crippen LogP contribution is 2.57. The standard InChI is InChI=1S/C13H21NO8P2/c1-4-13(15)14-10-12(3)7-5-6-11(2)8-9-21-24(19,20)22-23(16,17)18/h1,7-8H,5-6,9-10H2,2-3H3,(H,14,15)(H,19,20)(H2,16,17,18)/b11-8+,12-7+. The fraction of sp³-hybridized carbons (Fsp3) is 0.462. The van der Waals surface area contributed by atoms with Gasteiger partial charge in [0.2, 0.25) is 0 Å². The van der Waals surface area contributed by atoms with Gasteiger partial charge in [-0.15, -0.1) is 6.42 Å². The molecule has 0 spiro atoms. The second kappa shape index (κ2) is 10.6. The Morgan fingerprint density at radius 1 is 1.21 bits per heavy atom. The minimum Gasteiger partial charge on any atom is -0.342 e. The van der Waals surface area contributed by atoms with E-state index in [0.29, 0.717) is 19.4 Å². The molecule has 0 aliphatic heterocycles. The van der Waals surface area contributed by atoms with Gasteiger partial charge in [0, 0.05) is 6.54 Å². The number of phosphoric ester groups is 1. The van der Waals surface area contributed by atoms with Crippen LogP contribution in [0.4, 0.5) is 0 Å². The van der Waals surface area contributed by atoms with Gasteiger partial charge in [0.1, 0.15) is 0 Å². The van der Waals surface area contributed by atoms with Crippen LogP contribution in [0, 0.1) is 12.3 Å². The molecular formula is C13H21NO8P2. The van der Waals surface area contributed by atoms with Gasteiger partial charge in [0.05, 0.1) is 6.61 Å². The molecular weight excluding hydrogens is 360 g/mol. The number of allylic oxidation sites excluding steroid dienone is 2. The van der Waals surface area contributed by atoms with Crippen LogP contribution in [0.1, 0.15) is 26.7 Å². The third-order valence-corrected chi connectivity index (χ3v) is 4.72. The molecule has 1 atom stereocenters. The van der Waals surface area contributed by atoms with Crippen LogP contribution < -0.4 is 5.32 Å². The number of nitrogens with one attached hydrogen (secondary N) is 1. The number of phosphoric acid groups is 2. The van der Waals surface area contributed by atoms with E-state index in [2.05, 4.69) is 14.2 Å². The van der Waals surface area contributed by atoms with Crippen LogP contribution in [-0.4, -0.2) is 33.7 Å². The summed E-state index contributed by atoms with van der Waals surface area (Å²) in [6.45, 7) is 3.61. The highest BCUT2D eigenvalue weighted by Gasteiger charge is 2.31. The topological polar surface area (TPSA) is 142 Å². The molecule has 11 heteroatoms. The molecule has 0 radical (unpaired) electrons. The lowest BCUT2D eigenvalue weighted by atomic mass is 10.1. The van der Waals surface area contributed by atoms with Gasteiger partial charge >= 0.3 is 15.6 Å². The van der Waals surface area contributed by atoms with Gasteiger partial charge in [-0.2, -0.15) is 4.31 Å². The Balaban J connectivity index is 4.20. The Morgan fingerprint density at radius 3 is 2.38 bits per heavy atom. The lowest BCUT2D eigenvalue weighted by molar-refractivity contribution is -0.115. The zero-order valence-electron chi connectivity index (χ0n) is 13.3. The van der Waals surface area contributed by atoms with Crippen molar-refractivity contribution >= 4 is 21.6 Å². The lowest BCUT2D eigenvalue weighted by Crippen LogP contribution is -2.22. The fourth-order valence-corrected chi connectivity index (χ4v) is 2.95. The fourth-order valence-electron chi connectivity index (χ4n) is 1.42. The molecule has 9 nitrogen and oxygen atoms in total. The molecule has 1 unspecified atom stereocenters. The summed E-state index contributed by atoms with van der Waals surface area (Å²) in [6.07, 6.45) is 9.61. The largest absolute Gasteiger partial charge is 0.481 e. The van der Waals surface area contributed by atoms with E-state index in [4.69, 9.17) is 21.1 Å². The summed E-state index contributed by atoms with van der Waals surface area (Å²) in [5, 5.41) is 2.53. The van der Waals surface area contributed by atoms with Gasteiger partial charge in [-0.1, -0.05) is 23.3 Å². The van der Waals surface area contributed by atoms with Crippen molar-refractivity contribution in [1.82, 2.24) is 5.32 Å². The first kappa shape index (κ1) is 22.8. The highest BCUT2D eigenvalue weighted by atomic mass is 31.3. The van der Waals surface area contributed by atoms with E-state index in [0.717, 1.165) is 11.1 Å². The lowest BCUT2D eigenvalue weighted by Gasteiger charge is -2.11. The van der Waals surface area contributed by atoms with Gasteiger partial charge in [-0.3, -0.25) is 9.32 Å². The zero-order chi connectivity index (χ0) is 18.8. The van der Waals surface area contributed by atoms with Crippen molar-refractivity contribution in [3.63, 3.8) is 0 Å². The summed E-state index contributed by atoms with van der Waals surface area (Å²) >= 11 is 0. The monoisotopic (exact) mass is 381 g/mol. The summed E-state index contributed by atoms with van der Waals surface area (Å²) in [5.74, 6) is 1.46. The third kappa shape index (κ3) is 13.2. The van der Waals surface area contributed by atoms with Gasteiger partial charge in [0.15, 0.2) is 0 Å². The van der Waals surface area contributed by atoms with Crippen molar-refractivity contribution in [3.8, 4) is 12.3 Å². The number of carbonyl (C=O) groups excluding carboxylic acids is 1. The number of hydrogen-bond acceptors (Lipinski definition) is 5. The van der Waals surface area contributed by atoms with Gasteiger partial charge < -0.3 is 20.0 Å². The van der Waals surface area contributed by atoms with Crippen molar-refractivity contribution in [1.29, 1.82) is 0 Å². The maximum Gasteiger partial charge on any atom is 0.481 e. The minimum atomic E-state index is -5.10. The smallest absolute Gasteiger partial charge is 0.342 e. The summed E-state index contributed by atoms with van der Waals surface area (Å²) in [5.41, 5.74) is 1.76. The Kier molecular flexibility index (Phi) is 10.1. The van der Waals surface area contributed by atoms with Crippen molar-refractivity contribution in [3.05, 3.63) is 23.3 Å². The van der Waals surface area contributed by atoms with Crippen molar-refractivity contribution < 1.29 is 37.4 Å². The number of hydrogen-bond donors (Lipinski definition) is 4. The summed E-state index contributed by atoms with van der Waals surface area (Å²) in [7, 11) is -9.91. The van der Waals surface area contributed by atoms with E-state index in [1.165, 1.54) is 6.08 Å². The highest BCUT2D eigenvalue weighted by molar-refractivity contribution is 7.60. The number of rotatable bonds is 10. The van der Waals surface area contributed by atoms with Crippen LogP contribution in [0.2, 0.25) is 0 Å². The molecule has 4 N–H and O–H groups in total. The molecule has 1 amide bonds. The van der Waals surface area contributed by atoms with E-state index in [1.807, 2.05) is 18.9 Å². The number of carbonyl (C=O) groups is 1. The Bertz CT molecular complexity index is 628. The molecule has 0 aromatic rings. The molecule has 0 fully saturated rings. The second-order valence-electron chi connectivity index (χ2n) is 4.80. The molecule has 0 rings (SSSR count).